The third kappa shape index (κ3) is 0.410. The smallest absolute Gasteiger partial charge is 0.00188 e. The fourth-order valence-corrected chi connectivity index (χ4v) is 1.67. The van der Waals surface area contributed by atoms with Crippen LogP contribution in [-0.4, -0.2) is 0 Å². The summed E-state index contributed by atoms with van der Waals surface area (Å²) in [7, 11) is 0. The topological polar surface area (TPSA) is 0 Å². The molecule has 3 rings (SSSR count). The Bertz CT molecular complexity index is 108. The number of rotatable bonds is 0. The Morgan fingerprint density at radius 3 is 2.25 bits per heavy atom. The van der Waals surface area contributed by atoms with E-state index in [-0.39, 0.29) is 0 Å². The second-order valence-electron chi connectivity index (χ2n) is 2.78. The van der Waals surface area contributed by atoms with E-state index in [1.165, 1.54) is 24.8 Å². The number of fused-ring (bicyclic) bond motifs is 2. The molecule has 2 radical (unpaired) electrons. The molecule has 2 atom stereocenters. The maximum Gasteiger partial charge on any atom is -0.00188 e. The Hall–Kier alpha value is -0.260. The predicted molar refractivity (Wildman–Crippen MR) is 33.2 cm³/mol. The first-order valence-corrected chi connectivity index (χ1v) is 3.32. The highest BCUT2D eigenvalue weighted by molar-refractivity contribution is 5.27. The highest BCUT2D eigenvalue weighted by atomic mass is 14.4. The molecule has 0 aromatic carbocycles. The van der Waals surface area contributed by atoms with E-state index in [0.29, 0.717) is 11.8 Å². The molecule has 3 saturated carbocycles. The lowest BCUT2D eigenvalue weighted by Gasteiger charge is -2.42. The minimum Gasteiger partial charge on any atom is -0.0993 e. The second-order valence-corrected chi connectivity index (χ2v) is 2.78. The molecule has 8 heavy (non-hydrogen) atoms. The van der Waals surface area contributed by atoms with Crippen LogP contribution in [0.5, 0.6) is 0 Å². The van der Waals surface area contributed by atoms with Gasteiger partial charge < -0.3 is 0 Å². The highest BCUT2D eigenvalue weighted by Crippen LogP contribution is 2.47. The summed E-state index contributed by atoms with van der Waals surface area (Å²) < 4.78 is 0. The third-order valence-corrected chi connectivity index (χ3v) is 2.28. The van der Waals surface area contributed by atoms with Gasteiger partial charge in [-0.25, -0.2) is 0 Å². The molecule has 0 heteroatoms. The maximum absolute atomic E-state index is 3.98. The summed E-state index contributed by atoms with van der Waals surface area (Å²) in [5, 5.41) is 0. The zero-order chi connectivity index (χ0) is 5.56. The molecule has 2 bridgehead atoms. The molecule has 0 saturated heterocycles. The average Bonchev–Trinajstić information content (AvgIpc) is 1.89. The Balaban J connectivity index is 2.13. The van der Waals surface area contributed by atoms with E-state index in [2.05, 4.69) is 13.0 Å². The van der Waals surface area contributed by atoms with Gasteiger partial charge in [-0.3, -0.25) is 0 Å². The first kappa shape index (κ1) is 4.60. The van der Waals surface area contributed by atoms with Gasteiger partial charge in [0.05, 0.1) is 0 Å². The van der Waals surface area contributed by atoms with Crippen LogP contribution in [0.4, 0.5) is 0 Å². The van der Waals surface area contributed by atoms with Crippen LogP contribution in [0.15, 0.2) is 12.2 Å². The van der Waals surface area contributed by atoms with Crippen LogP contribution in [0.25, 0.3) is 0 Å². The van der Waals surface area contributed by atoms with Gasteiger partial charge in [-0.15, -0.1) is 0 Å². The molecule has 3 fully saturated rings. The van der Waals surface area contributed by atoms with Crippen molar-refractivity contribution in [2.45, 2.75) is 19.3 Å². The highest BCUT2D eigenvalue weighted by Gasteiger charge is 2.37. The number of hydrogen-bond acceptors (Lipinski definition) is 0. The summed E-state index contributed by atoms with van der Waals surface area (Å²) in [5.74, 6) is 1.41. The molecule has 42 valence electrons. The van der Waals surface area contributed by atoms with Crippen molar-refractivity contribution in [1.82, 2.24) is 0 Å². The fourth-order valence-electron chi connectivity index (χ4n) is 1.67. The average molecular weight is 106 g/mol. The standard InChI is InChI=1S/C8H10/c1-6-7-3-2-4-8(6)5-7/h7-8H,1-4H2. The lowest BCUT2D eigenvalue weighted by atomic mass is 9.62. The van der Waals surface area contributed by atoms with E-state index >= 15 is 0 Å². The van der Waals surface area contributed by atoms with Crippen LogP contribution in [0.3, 0.4) is 0 Å². The van der Waals surface area contributed by atoms with Crippen molar-refractivity contribution in [2.24, 2.45) is 11.8 Å². The molecule has 0 heterocycles. The Morgan fingerprint density at radius 2 is 2.00 bits per heavy atom. The van der Waals surface area contributed by atoms with E-state index in [9.17, 15) is 0 Å². The van der Waals surface area contributed by atoms with Gasteiger partial charge in [-0.05, 0) is 31.1 Å². The molecule has 0 nitrogen and oxygen atoms in total. The van der Waals surface area contributed by atoms with E-state index in [1.54, 1.807) is 0 Å². The molecule has 0 amide bonds. The summed E-state index contributed by atoms with van der Waals surface area (Å²) in [6, 6.07) is 0. The van der Waals surface area contributed by atoms with Crippen molar-refractivity contribution in [3.63, 3.8) is 0 Å². The van der Waals surface area contributed by atoms with Crippen molar-refractivity contribution < 1.29 is 0 Å². The van der Waals surface area contributed by atoms with Gasteiger partial charge in [0.1, 0.15) is 0 Å². The number of hydrogen-bond donors (Lipinski definition) is 0. The van der Waals surface area contributed by atoms with E-state index < -0.39 is 0 Å². The minimum atomic E-state index is 0.703. The van der Waals surface area contributed by atoms with E-state index in [1.807, 2.05) is 0 Å². The first-order valence-electron chi connectivity index (χ1n) is 3.32. The maximum atomic E-state index is 3.98. The Kier molecular flexibility index (Phi) is 0.787. The molecular formula is C8H10. The monoisotopic (exact) mass is 106 g/mol. The van der Waals surface area contributed by atoms with Gasteiger partial charge in [-0.1, -0.05) is 18.6 Å². The van der Waals surface area contributed by atoms with Crippen LogP contribution in [0.1, 0.15) is 19.3 Å². The van der Waals surface area contributed by atoms with Crippen molar-refractivity contribution >= 4 is 0 Å². The van der Waals surface area contributed by atoms with Crippen LogP contribution in [0, 0.1) is 18.3 Å². The van der Waals surface area contributed by atoms with Gasteiger partial charge in [0, 0.05) is 0 Å². The largest absolute Gasteiger partial charge is 0.0993 e. The lowest BCUT2D eigenvalue weighted by molar-refractivity contribution is 0.313. The molecule has 0 aromatic heterocycles. The SMILES string of the molecule is C=C1C2[C]C1CCC2. The molecule has 0 aromatic rings. The molecule has 2 unspecified atom stereocenters. The fraction of sp³-hybridized carbons (Fsp3) is 0.625. The molecule has 3 aliphatic carbocycles. The third-order valence-electron chi connectivity index (χ3n) is 2.28. The van der Waals surface area contributed by atoms with Crippen molar-refractivity contribution in [3.8, 4) is 0 Å². The first-order chi connectivity index (χ1) is 3.88. The molecule has 0 aliphatic heterocycles. The van der Waals surface area contributed by atoms with Crippen molar-refractivity contribution in [3.05, 3.63) is 18.6 Å². The van der Waals surface area contributed by atoms with Gasteiger partial charge in [0.2, 0.25) is 0 Å². The van der Waals surface area contributed by atoms with Crippen molar-refractivity contribution in [2.75, 3.05) is 0 Å². The van der Waals surface area contributed by atoms with E-state index in [0.717, 1.165) is 0 Å². The zero-order valence-electron chi connectivity index (χ0n) is 4.98. The van der Waals surface area contributed by atoms with Crippen molar-refractivity contribution in [1.29, 1.82) is 0 Å². The van der Waals surface area contributed by atoms with Gasteiger partial charge in [0.15, 0.2) is 0 Å². The molecule has 3 aliphatic rings. The number of allylic oxidation sites excluding steroid dienone is 1. The van der Waals surface area contributed by atoms with Gasteiger partial charge in [0.25, 0.3) is 0 Å². The molecular weight excluding hydrogens is 96.1 g/mol. The normalized spacial score (nSPS) is 43.8. The second kappa shape index (κ2) is 1.37. The Labute approximate surface area is 50.6 Å². The van der Waals surface area contributed by atoms with Crippen LogP contribution < -0.4 is 0 Å². The summed E-state index contributed by atoms with van der Waals surface area (Å²) in [4.78, 5) is 0. The zero-order valence-corrected chi connectivity index (χ0v) is 4.98. The Morgan fingerprint density at radius 1 is 1.38 bits per heavy atom. The summed E-state index contributed by atoms with van der Waals surface area (Å²) in [6.45, 7) is 3.98. The summed E-state index contributed by atoms with van der Waals surface area (Å²) in [6.07, 6.45) is 7.49. The molecule has 0 spiro atoms. The van der Waals surface area contributed by atoms with Crippen LogP contribution in [0.2, 0.25) is 0 Å². The van der Waals surface area contributed by atoms with E-state index in [4.69, 9.17) is 0 Å². The lowest BCUT2D eigenvalue weighted by Crippen LogP contribution is -2.32. The summed E-state index contributed by atoms with van der Waals surface area (Å²) >= 11 is 0. The predicted octanol–water partition coefficient (Wildman–Crippen LogP) is 2.05. The van der Waals surface area contributed by atoms with Gasteiger partial charge >= 0.3 is 0 Å². The minimum absolute atomic E-state index is 0.703. The van der Waals surface area contributed by atoms with Gasteiger partial charge in [-0.2, -0.15) is 0 Å². The summed E-state index contributed by atoms with van der Waals surface area (Å²) in [5.41, 5.74) is 1.45. The van der Waals surface area contributed by atoms with Crippen LogP contribution in [-0.2, 0) is 0 Å². The molecule has 0 N–H and O–H groups in total. The quantitative estimate of drug-likeness (QED) is 0.414. The van der Waals surface area contributed by atoms with Crippen LogP contribution >= 0.6 is 0 Å².